The molecule has 0 unspecified atom stereocenters. The summed E-state index contributed by atoms with van der Waals surface area (Å²) in [4.78, 5) is 24.5. The van der Waals surface area contributed by atoms with Crippen molar-refractivity contribution in [2.24, 2.45) is 11.8 Å². The van der Waals surface area contributed by atoms with Crippen LogP contribution in [-0.2, 0) is 9.59 Å². The van der Waals surface area contributed by atoms with Crippen LogP contribution in [0.3, 0.4) is 0 Å². The van der Waals surface area contributed by atoms with Crippen LogP contribution in [0.25, 0.3) is 0 Å². The fraction of sp³-hybridized carbons (Fsp3) is 0.800. The number of carbonyl (C=O) groups is 2. The zero-order valence-corrected chi connectivity index (χ0v) is 8.70. The molecule has 1 saturated heterocycles. The van der Waals surface area contributed by atoms with Crippen LogP contribution in [0.5, 0.6) is 0 Å². The number of imide groups is 1. The Morgan fingerprint density at radius 3 is 2.00 bits per heavy atom. The van der Waals surface area contributed by atoms with E-state index in [0.29, 0.717) is 6.42 Å². The monoisotopic (exact) mass is 183 g/mol. The predicted octanol–water partition coefficient (Wildman–Crippen LogP) is 1.43. The van der Waals surface area contributed by atoms with Crippen LogP contribution >= 0.6 is 0 Å². The first-order chi connectivity index (χ1) is 5.95. The molecule has 74 valence electrons. The Balaban J connectivity index is 2.82. The third kappa shape index (κ3) is 1.74. The summed E-state index contributed by atoms with van der Waals surface area (Å²) in [6.07, 6.45) is 0.397. The van der Waals surface area contributed by atoms with Crippen LogP contribution in [0.4, 0.5) is 0 Å². The van der Waals surface area contributed by atoms with Gasteiger partial charge in [0.2, 0.25) is 11.8 Å². The molecule has 1 aliphatic rings. The number of likely N-dealkylation sites (tertiary alicyclic amines) is 1. The topological polar surface area (TPSA) is 37.4 Å². The molecule has 1 heterocycles. The highest BCUT2D eigenvalue weighted by Crippen LogP contribution is 2.27. The van der Waals surface area contributed by atoms with Crippen molar-refractivity contribution >= 4 is 11.8 Å². The Morgan fingerprint density at radius 1 is 1.23 bits per heavy atom. The second kappa shape index (κ2) is 3.48. The van der Waals surface area contributed by atoms with Crippen LogP contribution in [0.2, 0.25) is 0 Å². The van der Waals surface area contributed by atoms with Gasteiger partial charge in [0.1, 0.15) is 0 Å². The van der Waals surface area contributed by atoms with Gasteiger partial charge in [-0.2, -0.15) is 0 Å². The minimum atomic E-state index is -0.0881. The zero-order chi connectivity index (χ0) is 10.2. The number of carbonyl (C=O) groups excluding carboxylic acids is 2. The normalized spacial score (nSPS) is 23.8. The van der Waals surface area contributed by atoms with Gasteiger partial charge in [0.15, 0.2) is 0 Å². The average Bonchev–Trinajstić information content (AvgIpc) is 2.26. The summed E-state index contributed by atoms with van der Waals surface area (Å²) < 4.78 is 0. The van der Waals surface area contributed by atoms with E-state index < -0.39 is 0 Å². The molecule has 0 radical (unpaired) electrons. The summed E-state index contributed by atoms with van der Waals surface area (Å²) in [5, 5.41) is 0. The van der Waals surface area contributed by atoms with Gasteiger partial charge in [0.05, 0.1) is 0 Å². The molecule has 3 heteroatoms. The molecule has 0 aromatic carbocycles. The van der Waals surface area contributed by atoms with E-state index in [4.69, 9.17) is 0 Å². The first-order valence-electron chi connectivity index (χ1n) is 4.81. The number of nitrogens with zero attached hydrogens (tertiary/aromatic N) is 1. The molecule has 13 heavy (non-hydrogen) atoms. The van der Waals surface area contributed by atoms with Crippen LogP contribution in [0, 0.1) is 11.8 Å². The molecule has 2 amide bonds. The molecule has 0 spiro atoms. The molecule has 0 aromatic rings. The third-order valence-electron chi connectivity index (χ3n) is 2.54. The number of hydrogen-bond donors (Lipinski definition) is 0. The van der Waals surface area contributed by atoms with Gasteiger partial charge < -0.3 is 0 Å². The Kier molecular flexibility index (Phi) is 2.74. The largest absolute Gasteiger partial charge is 0.280 e. The fourth-order valence-corrected chi connectivity index (χ4v) is 1.74. The highest BCUT2D eigenvalue weighted by molar-refractivity contribution is 6.03. The Morgan fingerprint density at radius 2 is 1.77 bits per heavy atom. The third-order valence-corrected chi connectivity index (χ3v) is 2.54. The van der Waals surface area contributed by atoms with Crippen molar-refractivity contribution in [3.05, 3.63) is 0 Å². The van der Waals surface area contributed by atoms with E-state index in [-0.39, 0.29) is 29.7 Å². The summed E-state index contributed by atoms with van der Waals surface area (Å²) >= 11 is 0. The maximum absolute atomic E-state index is 11.7. The van der Waals surface area contributed by atoms with Gasteiger partial charge in [0.25, 0.3) is 0 Å². The average molecular weight is 183 g/mol. The maximum Gasteiger partial charge on any atom is 0.233 e. The molecular formula is C10H17NO2. The molecule has 3 nitrogen and oxygen atoms in total. The van der Waals surface area contributed by atoms with Crippen molar-refractivity contribution in [3.63, 3.8) is 0 Å². The number of rotatable bonds is 2. The summed E-state index contributed by atoms with van der Waals surface area (Å²) in [7, 11) is 0. The highest BCUT2D eigenvalue weighted by atomic mass is 16.2. The summed E-state index contributed by atoms with van der Waals surface area (Å²) in [6.45, 7) is 7.72. The van der Waals surface area contributed by atoms with Crippen LogP contribution < -0.4 is 0 Å². The lowest BCUT2D eigenvalue weighted by molar-refractivity contribution is -0.141. The van der Waals surface area contributed by atoms with Crippen molar-refractivity contribution in [1.82, 2.24) is 4.90 Å². The van der Waals surface area contributed by atoms with E-state index >= 15 is 0 Å². The van der Waals surface area contributed by atoms with E-state index in [9.17, 15) is 9.59 Å². The SMILES string of the molecule is CC(C)[C@@H]1CC(=O)N(C(C)C)C1=O. The minimum Gasteiger partial charge on any atom is -0.280 e. The molecule has 1 aliphatic heterocycles. The lowest BCUT2D eigenvalue weighted by atomic mass is 9.94. The molecule has 0 saturated carbocycles. The maximum atomic E-state index is 11.7. The smallest absolute Gasteiger partial charge is 0.233 e. The van der Waals surface area contributed by atoms with Crippen molar-refractivity contribution in [3.8, 4) is 0 Å². The van der Waals surface area contributed by atoms with E-state index in [1.807, 2.05) is 27.7 Å². The van der Waals surface area contributed by atoms with Gasteiger partial charge in [-0.15, -0.1) is 0 Å². The number of hydrogen-bond acceptors (Lipinski definition) is 2. The van der Waals surface area contributed by atoms with Crippen molar-refractivity contribution < 1.29 is 9.59 Å². The molecule has 0 aliphatic carbocycles. The van der Waals surface area contributed by atoms with Gasteiger partial charge in [-0.05, 0) is 19.8 Å². The Bertz CT molecular complexity index is 233. The van der Waals surface area contributed by atoms with Crippen molar-refractivity contribution in [2.45, 2.75) is 40.2 Å². The quantitative estimate of drug-likeness (QED) is 0.607. The minimum absolute atomic E-state index is 0.00347. The van der Waals surface area contributed by atoms with E-state index in [1.165, 1.54) is 4.90 Å². The summed E-state index contributed by atoms with van der Waals surface area (Å²) in [5.74, 6) is 0.170. The zero-order valence-electron chi connectivity index (χ0n) is 8.70. The van der Waals surface area contributed by atoms with Gasteiger partial charge >= 0.3 is 0 Å². The molecule has 0 bridgehead atoms. The van der Waals surface area contributed by atoms with E-state index in [0.717, 1.165) is 0 Å². The lowest BCUT2D eigenvalue weighted by Gasteiger charge is -2.19. The first-order valence-corrected chi connectivity index (χ1v) is 4.81. The standard InChI is InChI=1S/C10H17NO2/c1-6(2)8-5-9(12)11(7(3)4)10(8)13/h6-8H,5H2,1-4H3/t8-/m0/s1. The van der Waals surface area contributed by atoms with Crippen molar-refractivity contribution in [1.29, 1.82) is 0 Å². The molecule has 0 aromatic heterocycles. The van der Waals surface area contributed by atoms with Gasteiger partial charge in [-0.3, -0.25) is 14.5 Å². The van der Waals surface area contributed by atoms with Gasteiger partial charge in [-0.1, -0.05) is 13.8 Å². The van der Waals surface area contributed by atoms with Gasteiger partial charge in [-0.25, -0.2) is 0 Å². The Hall–Kier alpha value is -0.860. The second-order valence-electron chi connectivity index (χ2n) is 4.25. The molecular weight excluding hydrogens is 166 g/mol. The number of amides is 2. The van der Waals surface area contributed by atoms with Crippen molar-refractivity contribution in [2.75, 3.05) is 0 Å². The second-order valence-corrected chi connectivity index (χ2v) is 4.25. The van der Waals surface area contributed by atoms with Gasteiger partial charge in [0, 0.05) is 18.4 Å². The molecule has 1 fully saturated rings. The molecule has 0 N–H and O–H groups in total. The fourth-order valence-electron chi connectivity index (χ4n) is 1.74. The van der Waals surface area contributed by atoms with Crippen LogP contribution in [0.1, 0.15) is 34.1 Å². The molecule has 1 rings (SSSR count). The van der Waals surface area contributed by atoms with E-state index in [1.54, 1.807) is 0 Å². The van der Waals surface area contributed by atoms with E-state index in [2.05, 4.69) is 0 Å². The van der Waals surface area contributed by atoms with Crippen LogP contribution in [-0.4, -0.2) is 22.8 Å². The summed E-state index contributed by atoms with van der Waals surface area (Å²) in [5.41, 5.74) is 0. The highest BCUT2D eigenvalue weighted by Gasteiger charge is 2.40. The predicted molar refractivity (Wildman–Crippen MR) is 49.9 cm³/mol. The summed E-state index contributed by atoms with van der Waals surface area (Å²) in [6, 6.07) is 0.00347. The van der Waals surface area contributed by atoms with Crippen LogP contribution in [0.15, 0.2) is 0 Å². The Labute approximate surface area is 79.1 Å². The molecule has 1 atom stereocenters. The first kappa shape index (κ1) is 10.2. The lowest BCUT2D eigenvalue weighted by Crippen LogP contribution is -2.37.